The molecular weight excluding hydrogens is 167 g/mol. The van der Waals surface area contributed by atoms with Crippen molar-refractivity contribution in [2.45, 2.75) is 0 Å². The molecule has 0 aliphatic carbocycles. The quantitative estimate of drug-likeness (QED) is 0.378. The van der Waals surface area contributed by atoms with Gasteiger partial charge in [-0.25, -0.2) is 4.79 Å². The van der Waals surface area contributed by atoms with Gasteiger partial charge in [-0.1, -0.05) is 0 Å². The Hall–Kier alpha value is -0.380. The Morgan fingerprint density at radius 1 is 1.45 bits per heavy atom. The van der Waals surface area contributed by atoms with Gasteiger partial charge in [0.2, 0.25) is 0 Å². The van der Waals surface area contributed by atoms with Gasteiger partial charge in [-0.2, -0.15) is 0 Å². The molecule has 3 N–H and O–H groups in total. The third kappa shape index (κ3) is 7.52. The van der Waals surface area contributed by atoms with E-state index in [0.29, 0.717) is 13.2 Å². The number of carbonyl (C=O) groups is 1. The number of aliphatic hydroxyl groups excluding tert-OH is 1. The van der Waals surface area contributed by atoms with Gasteiger partial charge in [0.1, 0.15) is 0 Å². The fourth-order valence-electron chi connectivity index (χ4n) is 0.455. The topological polar surface area (TPSA) is 70.6 Å². The predicted octanol–water partition coefficient (Wildman–Crippen LogP) is -0.915. The molecule has 1 unspecified atom stereocenters. The second-order valence-electron chi connectivity index (χ2n) is 1.78. The molecule has 0 saturated carbocycles. The first-order valence-electron chi connectivity index (χ1n) is 3.25. The lowest BCUT2D eigenvalue weighted by Gasteiger charge is -2.04. The lowest BCUT2D eigenvalue weighted by Crippen LogP contribution is -2.38. The van der Waals surface area contributed by atoms with E-state index in [0.717, 1.165) is 0 Å². The van der Waals surface area contributed by atoms with Crippen molar-refractivity contribution in [1.82, 2.24) is 10.6 Å². The minimum atomic E-state index is -0.291. The predicted molar refractivity (Wildman–Crippen MR) is 44.1 cm³/mol. The molecule has 0 fully saturated rings. The van der Waals surface area contributed by atoms with Gasteiger partial charge in [0.25, 0.3) is 0 Å². The number of nitrogens with one attached hydrogen (secondary N) is 2. The van der Waals surface area contributed by atoms with Crippen molar-refractivity contribution in [3.8, 4) is 0 Å². The summed E-state index contributed by atoms with van der Waals surface area (Å²) in [7, 11) is 2.09. The van der Waals surface area contributed by atoms with Crippen LogP contribution in [-0.2, 0) is 4.52 Å². The molecule has 0 aromatic heterocycles. The fourth-order valence-corrected chi connectivity index (χ4v) is 0.573. The summed E-state index contributed by atoms with van der Waals surface area (Å²) in [5.41, 5.74) is 0. The molecule has 5 nitrogen and oxygen atoms in total. The smallest absolute Gasteiger partial charge is 0.314 e. The van der Waals surface area contributed by atoms with Crippen LogP contribution in [0.3, 0.4) is 0 Å². The summed E-state index contributed by atoms with van der Waals surface area (Å²) in [6.07, 6.45) is 0. The number of hydrogen-bond acceptors (Lipinski definition) is 3. The molecule has 0 aromatic rings. The van der Waals surface area contributed by atoms with E-state index in [1.54, 1.807) is 0 Å². The van der Waals surface area contributed by atoms with Crippen LogP contribution in [0.1, 0.15) is 0 Å². The van der Waals surface area contributed by atoms with E-state index in [2.05, 4.69) is 24.6 Å². The van der Waals surface area contributed by atoms with E-state index in [1.807, 2.05) is 0 Å². The van der Waals surface area contributed by atoms with E-state index in [-0.39, 0.29) is 19.2 Å². The van der Waals surface area contributed by atoms with Crippen molar-refractivity contribution in [1.29, 1.82) is 0 Å². The standard InChI is InChI=1S/C5H13N2O3P/c8-3-1-6-5(9)7-2-4-10-11/h8H,1-4,11H2,(H2,6,7,9). The van der Waals surface area contributed by atoms with E-state index >= 15 is 0 Å². The monoisotopic (exact) mass is 180 g/mol. The summed E-state index contributed by atoms with van der Waals surface area (Å²) >= 11 is 0. The molecule has 0 heterocycles. The van der Waals surface area contributed by atoms with Crippen molar-refractivity contribution >= 4 is 15.5 Å². The Bertz CT molecular complexity index is 112. The number of hydrogen-bond donors (Lipinski definition) is 3. The Morgan fingerprint density at radius 2 is 2.09 bits per heavy atom. The summed E-state index contributed by atoms with van der Waals surface area (Å²) in [5, 5.41) is 13.3. The lowest BCUT2D eigenvalue weighted by molar-refractivity contribution is 0.232. The SMILES string of the molecule is O=C(NCCO)NCCOP. The molecule has 0 bridgehead atoms. The molecule has 0 aromatic carbocycles. The Labute approximate surface area is 67.8 Å². The molecule has 1 atom stereocenters. The molecule has 6 heteroatoms. The van der Waals surface area contributed by atoms with Gasteiger partial charge in [-0.05, 0) is 0 Å². The highest BCUT2D eigenvalue weighted by molar-refractivity contribution is 7.09. The maximum atomic E-state index is 10.7. The summed E-state index contributed by atoms with van der Waals surface area (Å²) in [6, 6.07) is -0.291. The second-order valence-corrected chi connectivity index (χ2v) is 2.11. The Balaban J connectivity index is 3.09. The first kappa shape index (κ1) is 10.6. The molecule has 0 aliphatic rings. The van der Waals surface area contributed by atoms with E-state index in [9.17, 15) is 4.79 Å². The third-order valence-electron chi connectivity index (χ3n) is 0.903. The Morgan fingerprint density at radius 3 is 2.64 bits per heavy atom. The van der Waals surface area contributed by atoms with Crippen molar-refractivity contribution in [2.75, 3.05) is 26.3 Å². The molecule has 0 spiro atoms. The first-order valence-corrected chi connectivity index (χ1v) is 3.72. The summed E-state index contributed by atoms with van der Waals surface area (Å²) in [4.78, 5) is 10.7. The zero-order chi connectivity index (χ0) is 8.53. The molecule has 0 aliphatic heterocycles. The number of urea groups is 1. The van der Waals surface area contributed by atoms with Crippen molar-refractivity contribution in [2.24, 2.45) is 0 Å². The van der Waals surface area contributed by atoms with Crippen molar-refractivity contribution < 1.29 is 14.4 Å². The van der Waals surface area contributed by atoms with Crippen LogP contribution in [-0.4, -0.2) is 37.4 Å². The van der Waals surface area contributed by atoms with E-state index in [1.165, 1.54) is 0 Å². The number of carbonyl (C=O) groups excluding carboxylic acids is 1. The van der Waals surface area contributed by atoms with Gasteiger partial charge in [-0.15, -0.1) is 0 Å². The van der Waals surface area contributed by atoms with Crippen LogP contribution in [0.5, 0.6) is 0 Å². The summed E-state index contributed by atoms with van der Waals surface area (Å²) < 4.78 is 4.62. The minimum Gasteiger partial charge on any atom is -0.395 e. The lowest BCUT2D eigenvalue weighted by atomic mass is 10.6. The van der Waals surface area contributed by atoms with Crippen LogP contribution in [0, 0.1) is 0 Å². The zero-order valence-electron chi connectivity index (χ0n) is 6.17. The molecule has 66 valence electrons. The number of aliphatic hydroxyl groups is 1. The van der Waals surface area contributed by atoms with Crippen molar-refractivity contribution in [3.63, 3.8) is 0 Å². The molecule has 0 saturated heterocycles. The highest BCUT2D eigenvalue weighted by atomic mass is 31.0. The van der Waals surface area contributed by atoms with E-state index < -0.39 is 0 Å². The van der Waals surface area contributed by atoms with Crippen LogP contribution in [0.25, 0.3) is 0 Å². The van der Waals surface area contributed by atoms with Gasteiger partial charge >= 0.3 is 6.03 Å². The van der Waals surface area contributed by atoms with Gasteiger partial charge in [0.15, 0.2) is 0 Å². The number of rotatable bonds is 5. The summed E-state index contributed by atoms with van der Waals surface area (Å²) in [6.45, 7) is 1.14. The van der Waals surface area contributed by atoms with Gasteiger partial charge in [0.05, 0.1) is 13.2 Å². The highest BCUT2D eigenvalue weighted by Crippen LogP contribution is 1.80. The minimum absolute atomic E-state index is 0.0481. The Kier molecular flexibility index (Phi) is 7.46. The second kappa shape index (κ2) is 7.72. The maximum absolute atomic E-state index is 10.7. The number of amides is 2. The highest BCUT2D eigenvalue weighted by Gasteiger charge is 1.95. The van der Waals surface area contributed by atoms with Gasteiger partial charge in [-0.3, -0.25) is 0 Å². The van der Waals surface area contributed by atoms with Crippen LogP contribution in [0.2, 0.25) is 0 Å². The first-order chi connectivity index (χ1) is 5.31. The molecule has 2 amide bonds. The largest absolute Gasteiger partial charge is 0.395 e. The van der Waals surface area contributed by atoms with Crippen LogP contribution < -0.4 is 10.6 Å². The fraction of sp³-hybridized carbons (Fsp3) is 0.800. The summed E-state index contributed by atoms with van der Waals surface area (Å²) in [5.74, 6) is 0. The average Bonchev–Trinajstić information content (AvgIpc) is 2.01. The van der Waals surface area contributed by atoms with Crippen LogP contribution in [0.4, 0.5) is 4.79 Å². The van der Waals surface area contributed by atoms with Gasteiger partial charge < -0.3 is 20.3 Å². The molecule has 11 heavy (non-hydrogen) atoms. The average molecular weight is 180 g/mol. The molecular formula is C5H13N2O3P. The molecule has 0 radical (unpaired) electrons. The third-order valence-corrected chi connectivity index (χ3v) is 1.14. The van der Waals surface area contributed by atoms with Crippen LogP contribution in [0.15, 0.2) is 0 Å². The van der Waals surface area contributed by atoms with Gasteiger partial charge in [0, 0.05) is 22.6 Å². The van der Waals surface area contributed by atoms with Crippen LogP contribution >= 0.6 is 9.47 Å². The zero-order valence-corrected chi connectivity index (χ0v) is 7.32. The maximum Gasteiger partial charge on any atom is 0.314 e. The normalized spacial score (nSPS) is 9.27. The van der Waals surface area contributed by atoms with E-state index in [4.69, 9.17) is 5.11 Å². The molecule has 0 rings (SSSR count). The van der Waals surface area contributed by atoms with Crippen molar-refractivity contribution in [3.05, 3.63) is 0 Å².